The van der Waals surface area contributed by atoms with E-state index in [1.165, 1.54) is 33.1 Å². The summed E-state index contributed by atoms with van der Waals surface area (Å²) >= 11 is 3.81. The fourth-order valence-corrected chi connectivity index (χ4v) is 7.17. The molecule has 40 heavy (non-hydrogen) atoms. The van der Waals surface area contributed by atoms with Gasteiger partial charge in [0.15, 0.2) is 16.5 Å². The highest BCUT2D eigenvalue weighted by atomic mass is 32.2. The number of nitrogens with zero attached hydrogens (tertiary/aromatic N) is 8. The maximum absolute atomic E-state index is 13.2. The van der Waals surface area contributed by atoms with E-state index in [0.29, 0.717) is 22.0 Å². The molecule has 15 nitrogen and oxygen atoms in total. The van der Waals surface area contributed by atoms with E-state index in [9.17, 15) is 19.5 Å². The first-order valence-electron chi connectivity index (χ1n) is 11.9. The van der Waals surface area contributed by atoms with Gasteiger partial charge in [0.25, 0.3) is 11.8 Å². The van der Waals surface area contributed by atoms with Gasteiger partial charge in [-0.05, 0) is 47.1 Å². The van der Waals surface area contributed by atoms with Crippen molar-refractivity contribution in [2.24, 2.45) is 5.16 Å². The zero-order valence-corrected chi connectivity index (χ0v) is 22.9. The number of β-lactam (4-membered cyclic amide) rings is 1. The summed E-state index contributed by atoms with van der Waals surface area (Å²) in [7, 11) is 0. The van der Waals surface area contributed by atoms with Crippen molar-refractivity contribution in [3.63, 3.8) is 0 Å². The third-order valence-electron chi connectivity index (χ3n) is 6.20. The highest BCUT2D eigenvalue weighted by Crippen LogP contribution is 2.41. The molecule has 1 aliphatic carbocycles. The van der Waals surface area contributed by atoms with Crippen LogP contribution in [0.2, 0.25) is 0 Å². The van der Waals surface area contributed by atoms with E-state index in [0.717, 1.165) is 24.2 Å². The van der Waals surface area contributed by atoms with Gasteiger partial charge in [-0.15, -0.1) is 49.7 Å². The third-order valence-corrected chi connectivity index (χ3v) is 9.22. The van der Waals surface area contributed by atoms with Crippen LogP contribution in [0.4, 0.5) is 5.13 Å². The molecule has 3 aliphatic rings. The number of nitrogens with two attached hydrogens (primary N) is 1. The van der Waals surface area contributed by atoms with E-state index in [1.807, 2.05) is 12.2 Å². The molecular weight excluding hydrogens is 581 g/mol. The number of aliphatic carboxylic acids is 1. The molecule has 6 rings (SSSR count). The minimum atomic E-state index is -1.22. The Morgan fingerprint density at radius 3 is 2.98 bits per heavy atom. The van der Waals surface area contributed by atoms with Crippen molar-refractivity contribution < 1.29 is 24.3 Å². The first kappa shape index (κ1) is 26.2. The molecule has 0 spiro atoms. The van der Waals surface area contributed by atoms with Crippen LogP contribution in [0.25, 0.3) is 5.65 Å². The van der Waals surface area contributed by atoms with Crippen LogP contribution in [0.3, 0.4) is 0 Å². The second kappa shape index (κ2) is 10.9. The molecule has 1 saturated heterocycles. The fourth-order valence-electron chi connectivity index (χ4n) is 4.29. The predicted octanol–water partition coefficient (Wildman–Crippen LogP) is 0.528. The predicted molar refractivity (Wildman–Crippen MR) is 145 cm³/mol. The number of thiazole rings is 1. The van der Waals surface area contributed by atoms with Gasteiger partial charge >= 0.3 is 5.97 Å². The number of carbonyl (C=O) groups excluding carboxylic acids is 2. The van der Waals surface area contributed by atoms with Crippen LogP contribution in [0.1, 0.15) is 18.5 Å². The summed E-state index contributed by atoms with van der Waals surface area (Å²) in [5.41, 5.74) is 6.82. The molecule has 0 aromatic carbocycles. The highest BCUT2D eigenvalue weighted by molar-refractivity contribution is 8.01. The molecule has 3 aromatic heterocycles. The van der Waals surface area contributed by atoms with Gasteiger partial charge in [0.2, 0.25) is 0 Å². The van der Waals surface area contributed by atoms with E-state index >= 15 is 0 Å². The number of tetrazole rings is 1. The van der Waals surface area contributed by atoms with E-state index in [4.69, 9.17) is 10.6 Å². The number of fused-ring (bicyclic) bond motifs is 2. The van der Waals surface area contributed by atoms with E-state index < -0.39 is 29.2 Å². The third kappa shape index (κ3) is 5.00. The Balaban J connectivity index is 1.17. The molecule has 18 heteroatoms. The lowest BCUT2D eigenvalue weighted by atomic mass is 10.0. The van der Waals surface area contributed by atoms with Crippen molar-refractivity contribution in [1.29, 1.82) is 0 Å². The molecular formula is C22H20N10O5S3. The number of aromatic nitrogens is 6. The Labute approximate surface area is 237 Å². The van der Waals surface area contributed by atoms with Crippen molar-refractivity contribution in [2.45, 2.75) is 35.4 Å². The van der Waals surface area contributed by atoms with E-state index in [1.54, 1.807) is 17.5 Å². The Morgan fingerprint density at radius 1 is 1.35 bits per heavy atom. The number of nitrogen functional groups attached to an aromatic ring is 1. The Morgan fingerprint density at radius 2 is 2.23 bits per heavy atom. The van der Waals surface area contributed by atoms with Gasteiger partial charge in [-0.2, -0.15) is 0 Å². The van der Waals surface area contributed by atoms with Gasteiger partial charge in [0.1, 0.15) is 33.9 Å². The first-order chi connectivity index (χ1) is 19.4. The minimum Gasteiger partial charge on any atom is -0.477 e. The number of amides is 2. The van der Waals surface area contributed by atoms with Crippen molar-refractivity contribution in [3.8, 4) is 0 Å². The minimum absolute atomic E-state index is 0.0900. The average Bonchev–Trinajstić information content (AvgIpc) is 3.72. The zero-order valence-electron chi connectivity index (χ0n) is 20.4. The number of carboxylic acid groups (broad SMARTS) is 1. The average molecular weight is 601 g/mol. The Hall–Kier alpha value is -4.03. The van der Waals surface area contributed by atoms with Crippen molar-refractivity contribution in [1.82, 2.24) is 40.5 Å². The van der Waals surface area contributed by atoms with Crippen LogP contribution in [-0.4, -0.2) is 92.8 Å². The SMILES string of the molecule is Nc1nc(/C(=N/OC2C=CCC2)C(=O)NC2C(=O)N3C(C(=O)O)=C(CSc4ccc5nnnn5n4)CS[C@H]23)cs1. The summed E-state index contributed by atoms with van der Waals surface area (Å²) in [6.07, 6.45) is 5.14. The number of thioether (sulfide) groups is 2. The van der Waals surface area contributed by atoms with Crippen LogP contribution in [0, 0.1) is 0 Å². The van der Waals surface area contributed by atoms with Gasteiger partial charge < -0.3 is 21.0 Å². The summed E-state index contributed by atoms with van der Waals surface area (Å²) in [6, 6.07) is 2.49. The molecule has 0 bridgehead atoms. The molecule has 3 aromatic rings. The lowest BCUT2D eigenvalue weighted by Gasteiger charge is -2.49. The van der Waals surface area contributed by atoms with Crippen molar-refractivity contribution >= 4 is 69.1 Å². The molecule has 2 unspecified atom stereocenters. The molecule has 5 heterocycles. The maximum atomic E-state index is 13.2. The van der Waals surface area contributed by atoms with Crippen molar-refractivity contribution in [2.75, 3.05) is 17.2 Å². The second-order valence-corrected chi connectivity index (χ2v) is 11.8. The largest absolute Gasteiger partial charge is 0.477 e. The number of hydrogen-bond acceptors (Lipinski definition) is 14. The summed E-state index contributed by atoms with van der Waals surface area (Å²) in [5, 5.41) is 33.9. The Bertz CT molecular complexity index is 1600. The molecule has 4 N–H and O–H groups in total. The zero-order chi connectivity index (χ0) is 27.8. The second-order valence-electron chi connectivity index (χ2n) is 8.77. The fraction of sp³-hybridized carbons (Fsp3) is 0.318. The lowest BCUT2D eigenvalue weighted by Crippen LogP contribution is -2.71. The normalized spacial score (nSPS) is 22.4. The van der Waals surface area contributed by atoms with E-state index in [-0.39, 0.29) is 34.1 Å². The van der Waals surface area contributed by atoms with Crippen LogP contribution < -0.4 is 11.1 Å². The van der Waals surface area contributed by atoms with Gasteiger partial charge in [0.05, 0.1) is 0 Å². The molecule has 1 fully saturated rings. The summed E-state index contributed by atoms with van der Waals surface area (Å²) in [5.74, 6) is -1.78. The molecule has 2 aliphatic heterocycles. The quantitative estimate of drug-likeness (QED) is 0.101. The smallest absolute Gasteiger partial charge is 0.352 e. The number of nitrogens with one attached hydrogen (secondary N) is 1. The van der Waals surface area contributed by atoms with Crippen LogP contribution in [0.15, 0.2) is 51.1 Å². The molecule has 0 radical (unpaired) electrons. The van der Waals surface area contributed by atoms with E-state index in [2.05, 4.69) is 36.1 Å². The molecule has 3 atom stereocenters. The number of allylic oxidation sites excluding steroid dienone is 1. The van der Waals surface area contributed by atoms with Gasteiger partial charge in [-0.3, -0.25) is 14.5 Å². The molecule has 206 valence electrons. The maximum Gasteiger partial charge on any atom is 0.352 e. The summed E-state index contributed by atoms with van der Waals surface area (Å²) in [4.78, 5) is 49.5. The summed E-state index contributed by atoms with van der Waals surface area (Å²) < 4.78 is 1.28. The number of oxime groups is 1. The number of rotatable bonds is 9. The van der Waals surface area contributed by atoms with Gasteiger partial charge in [0, 0.05) is 16.9 Å². The highest BCUT2D eigenvalue weighted by Gasteiger charge is 2.54. The number of carbonyl (C=O) groups is 3. The van der Waals surface area contributed by atoms with Gasteiger partial charge in [-0.1, -0.05) is 11.2 Å². The van der Waals surface area contributed by atoms with Crippen LogP contribution in [0.5, 0.6) is 0 Å². The van der Waals surface area contributed by atoms with Crippen molar-refractivity contribution in [3.05, 3.63) is 46.6 Å². The topological polar surface area (TPSA) is 203 Å². The Kier molecular flexibility index (Phi) is 7.11. The van der Waals surface area contributed by atoms with Crippen LogP contribution >= 0.6 is 34.9 Å². The lowest BCUT2D eigenvalue weighted by molar-refractivity contribution is -0.150. The van der Waals surface area contributed by atoms with Gasteiger partial charge in [-0.25, -0.2) is 9.78 Å². The number of carboxylic acids is 1. The van der Waals surface area contributed by atoms with Crippen LogP contribution in [-0.2, 0) is 19.2 Å². The molecule has 2 amide bonds. The summed E-state index contributed by atoms with van der Waals surface area (Å²) in [6.45, 7) is 0. The number of hydrogen-bond donors (Lipinski definition) is 3. The first-order valence-corrected chi connectivity index (χ1v) is 14.8. The molecule has 0 saturated carbocycles. The standard InChI is InChI=1S/C22H20N10O5S3/c23-22-24-12(9-40-22)15(28-37-11-3-1-2-4-11)18(33)25-16-19(34)31-17(21(35)36)10(8-39-20(16)31)7-38-14-6-5-13-26-29-30-32(13)27-14/h1,3,5-6,9,11,16,20H,2,4,7-8H2,(H2,23,24)(H,25,33)(H,35,36)/b28-15-/t11?,16?,20-/m1/s1. The monoisotopic (exact) mass is 600 g/mol. The number of anilines is 1.